The Balaban J connectivity index is 3.01. The molecule has 0 spiro atoms. The summed E-state index contributed by atoms with van der Waals surface area (Å²) in [6.45, 7) is 1.70. The molecule has 0 radical (unpaired) electrons. The number of hydrogen-bond donors (Lipinski definition) is 0. The molecule has 0 heterocycles. The Morgan fingerprint density at radius 1 is 1.57 bits per heavy atom. The summed E-state index contributed by atoms with van der Waals surface area (Å²) >= 11 is 0. The standard InChI is InChI=1S/C9H10FN3O/c1-6(12-13-11)7-3-4-9(14-2)8(10)5-7/h3-6H,1-2H3/t6-/m1/s1. The number of rotatable bonds is 3. The van der Waals surface area contributed by atoms with Gasteiger partial charge in [0.05, 0.1) is 13.2 Å². The lowest BCUT2D eigenvalue weighted by molar-refractivity contribution is 0.386. The Labute approximate surface area is 80.9 Å². The lowest BCUT2D eigenvalue weighted by Gasteiger charge is -2.07. The number of hydrogen-bond acceptors (Lipinski definition) is 2. The molecule has 0 aliphatic heterocycles. The number of azide groups is 1. The number of nitrogens with zero attached hydrogens (tertiary/aromatic N) is 3. The number of ether oxygens (including phenoxy) is 1. The quantitative estimate of drug-likeness (QED) is 0.415. The van der Waals surface area contributed by atoms with E-state index in [9.17, 15) is 4.39 Å². The molecule has 4 nitrogen and oxygen atoms in total. The zero-order valence-electron chi connectivity index (χ0n) is 7.94. The van der Waals surface area contributed by atoms with Crippen LogP contribution in [0, 0.1) is 5.82 Å². The smallest absolute Gasteiger partial charge is 0.165 e. The van der Waals surface area contributed by atoms with E-state index in [1.165, 1.54) is 19.2 Å². The maximum Gasteiger partial charge on any atom is 0.165 e. The Bertz CT molecular complexity index is 374. The van der Waals surface area contributed by atoms with E-state index in [4.69, 9.17) is 10.3 Å². The van der Waals surface area contributed by atoms with Gasteiger partial charge in [-0.1, -0.05) is 18.1 Å². The molecular formula is C9H10FN3O. The minimum absolute atomic E-state index is 0.182. The Morgan fingerprint density at radius 2 is 2.29 bits per heavy atom. The molecule has 1 atom stereocenters. The van der Waals surface area contributed by atoms with E-state index < -0.39 is 5.82 Å². The molecule has 0 N–H and O–H groups in total. The zero-order valence-corrected chi connectivity index (χ0v) is 7.94. The summed E-state index contributed by atoms with van der Waals surface area (Å²) in [6.07, 6.45) is 0. The fraction of sp³-hybridized carbons (Fsp3) is 0.333. The van der Waals surface area contributed by atoms with E-state index in [2.05, 4.69) is 10.0 Å². The summed E-state index contributed by atoms with van der Waals surface area (Å²) in [5, 5.41) is 3.46. The van der Waals surface area contributed by atoms with Gasteiger partial charge in [0.25, 0.3) is 0 Å². The summed E-state index contributed by atoms with van der Waals surface area (Å²) in [5.41, 5.74) is 8.83. The Hall–Kier alpha value is -1.74. The summed E-state index contributed by atoms with van der Waals surface area (Å²) in [5.74, 6) is -0.271. The SMILES string of the molecule is COc1ccc([C@@H](C)N=[N+]=[N-])cc1F. The highest BCUT2D eigenvalue weighted by atomic mass is 19.1. The van der Waals surface area contributed by atoms with Gasteiger partial charge in [-0.15, -0.1) is 0 Å². The van der Waals surface area contributed by atoms with Crippen molar-refractivity contribution in [3.63, 3.8) is 0 Å². The second kappa shape index (κ2) is 4.48. The van der Waals surface area contributed by atoms with Crippen molar-refractivity contribution in [3.05, 3.63) is 40.0 Å². The minimum Gasteiger partial charge on any atom is -0.494 e. The van der Waals surface area contributed by atoms with Gasteiger partial charge in [-0.25, -0.2) is 4.39 Å². The van der Waals surface area contributed by atoms with Crippen molar-refractivity contribution in [3.8, 4) is 5.75 Å². The molecule has 0 saturated carbocycles. The van der Waals surface area contributed by atoms with Crippen LogP contribution in [-0.2, 0) is 0 Å². The highest BCUT2D eigenvalue weighted by Crippen LogP contribution is 2.23. The van der Waals surface area contributed by atoms with Crippen LogP contribution in [0.3, 0.4) is 0 Å². The van der Waals surface area contributed by atoms with Gasteiger partial charge >= 0.3 is 0 Å². The molecule has 0 aliphatic rings. The van der Waals surface area contributed by atoms with Crippen molar-refractivity contribution in [1.82, 2.24) is 0 Å². The summed E-state index contributed by atoms with van der Waals surface area (Å²) in [7, 11) is 1.40. The average Bonchev–Trinajstić information content (AvgIpc) is 2.18. The maximum atomic E-state index is 13.2. The topological polar surface area (TPSA) is 58.0 Å². The van der Waals surface area contributed by atoms with Crippen LogP contribution in [0.15, 0.2) is 23.3 Å². The van der Waals surface area contributed by atoms with Gasteiger partial charge in [0.2, 0.25) is 0 Å². The van der Waals surface area contributed by atoms with Gasteiger partial charge in [-0.3, -0.25) is 0 Å². The molecule has 1 rings (SSSR count). The zero-order chi connectivity index (χ0) is 10.6. The Kier molecular flexibility index (Phi) is 3.31. The van der Waals surface area contributed by atoms with Crippen molar-refractivity contribution < 1.29 is 9.13 Å². The first kappa shape index (κ1) is 10.3. The third-order valence-corrected chi connectivity index (χ3v) is 1.88. The molecule has 1 aromatic carbocycles. The van der Waals surface area contributed by atoms with Crippen molar-refractivity contribution in [2.24, 2.45) is 5.11 Å². The van der Waals surface area contributed by atoms with Gasteiger partial charge in [0.15, 0.2) is 11.6 Å². The first-order valence-electron chi connectivity index (χ1n) is 4.06. The molecule has 5 heteroatoms. The van der Waals surface area contributed by atoms with E-state index >= 15 is 0 Å². The average molecular weight is 195 g/mol. The van der Waals surface area contributed by atoms with Crippen LogP contribution < -0.4 is 4.74 Å². The molecule has 0 amide bonds. The van der Waals surface area contributed by atoms with Crippen molar-refractivity contribution >= 4 is 0 Å². The van der Waals surface area contributed by atoms with Gasteiger partial charge in [-0.2, -0.15) is 0 Å². The fourth-order valence-electron chi connectivity index (χ4n) is 1.09. The molecule has 0 aromatic heterocycles. The summed E-state index contributed by atoms with van der Waals surface area (Å²) in [4.78, 5) is 2.66. The molecule has 0 aliphatic carbocycles. The maximum absolute atomic E-state index is 13.2. The third kappa shape index (κ3) is 2.14. The van der Waals surface area contributed by atoms with Crippen LogP contribution >= 0.6 is 0 Å². The predicted octanol–water partition coefficient (Wildman–Crippen LogP) is 3.21. The summed E-state index contributed by atoms with van der Waals surface area (Å²) < 4.78 is 18.0. The van der Waals surface area contributed by atoms with Crippen molar-refractivity contribution in [2.75, 3.05) is 7.11 Å². The van der Waals surface area contributed by atoms with Crippen molar-refractivity contribution in [2.45, 2.75) is 13.0 Å². The molecule has 74 valence electrons. The largest absolute Gasteiger partial charge is 0.494 e. The fourth-order valence-corrected chi connectivity index (χ4v) is 1.09. The van der Waals surface area contributed by atoms with Crippen LogP contribution in [0.25, 0.3) is 10.4 Å². The van der Waals surface area contributed by atoms with E-state index in [0.717, 1.165) is 0 Å². The van der Waals surface area contributed by atoms with Crippen LogP contribution in [0.2, 0.25) is 0 Å². The molecule has 14 heavy (non-hydrogen) atoms. The number of halogens is 1. The lowest BCUT2D eigenvalue weighted by Crippen LogP contribution is -1.93. The second-order valence-electron chi connectivity index (χ2n) is 2.77. The first-order valence-corrected chi connectivity index (χ1v) is 4.06. The molecule has 1 aromatic rings. The van der Waals surface area contributed by atoms with Crippen LogP contribution in [0.1, 0.15) is 18.5 Å². The highest BCUT2D eigenvalue weighted by molar-refractivity contribution is 5.30. The molecule has 0 fully saturated rings. The van der Waals surface area contributed by atoms with Gasteiger partial charge in [0.1, 0.15) is 0 Å². The number of methoxy groups -OCH3 is 1. The van der Waals surface area contributed by atoms with E-state index in [0.29, 0.717) is 5.56 Å². The third-order valence-electron chi connectivity index (χ3n) is 1.88. The predicted molar refractivity (Wildman–Crippen MR) is 50.5 cm³/mol. The normalized spacial score (nSPS) is 11.6. The number of benzene rings is 1. The van der Waals surface area contributed by atoms with Gasteiger partial charge < -0.3 is 4.74 Å². The van der Waals surface area contributed by atoms with Crippen LogP contribution in [0.5, 0.6) is 5.75 Å². The van der Waals surface area contributed by atoms with Gasteiger partial charge in [0, 0.05) is 4.91 Å². The monoisotopic (exact) mass is 195 g/mol. The molecular weight excluding hydrogens is 185 g/mol. The second-order valence-corrected chi connectivity index (χ2v) is 2.77. The van der Waals surface area contributed by atoms with Crippen LogP contribution in [0.4, 0.5) is 4.39 Å². The highest BCUT2D eigenvalue weighted by Gasteiger charge is 2.07. The lowest BCUT2D eigenvalue weighted by atomic mass is 10.1. The van der Waals surface area contributed by atoms with Gasteiger partial charge in [-0.05, 0) is 23.2 Å². The summed E-state index contributed by atoms with van der Waals surface area (Å²) in [6, 6.07) is 4.11. The van der Waals surface area contributed by atoms with E-state index in [1.807, 2.05) is 0 Å². The molecule has 0 bridgehead atoms. The minimum atomic E-state index is -0.454. The van der Waals surface area contributed by atoms with Crippen LogP contribution in [-0.4, -0.2) is 7.11 Å². The van der Waals surface area contributed by atoms with E-state index in [1.54, 1.807) is 13.0 Å². The van der Waals surface area contributed by atoms with E-state index in [-0.39, 0.29) is 11.8 Å². The van der Waals surface area contributed by atoms with Crippen molar-refractivity contribution in [1.29, 1.82) is 0 Å². The Morgan fingerprint density at radius 3 is 2.79 bits per heavy atom. The molecule has 0 unspecified atom stereocenters. The molecule has 0 saturated heterocycles. The first-order chi connectivity index (χ1) is 6.69.